The van der Waals surface area contributed by atoms with Crippen molar-refractivity contribution < 1.29 is 0 Å². The number of hydrazine groups is 1. The van der Waals surface area contributed by atoms with Crippen LogP contribution in [0.2, 0.25) is 0 Å². The first-order valence-electron chi connectivity index (χ1n) is 5.18. The molecule has 0 aliphatic carbocycles. The van der Waals surface area contributed by atoms with E-state index in [4.69, 9.17) is 5.84 Å². The van der Waals surface area contributed by atoms with E-state index < -0.39 is 0 Å². The standard InChI is InChI=1S/C12H20N2S/c1-12(2,3)11(14-13)9-15-10-7-5-4-6-8-10/h4-8,11,14H,9,13H2,1-3H3. The topological polar surface area (TPSA) is 38.0 Å². The van der Waals surface area contributed by atoms with E-state index in [9.17, 15) is 0 Å². The highest BCUT2D eigenvalue weighted by atomic mass is 32.2. The zero-order valence-corrected chi connectivity index (χ0v) is 10.5. The van der Waals surface area contributed by atoms with Gasteiger partial charge in [-0.25, -0.2) is 0 Å². The van der Waals surface area contributed by atoms with Crippen LogP contribution in [0.15, 0.2) is 35.2 Å². The summed E-state index contributed by atoms with van der Waals surface area (Å²) in [7, 11) is 0. The summed E-state index contributed by atoms with van der Waals surface area (Å²) < 4.78 is 0. The van der Waals surface area contributed by atoms with Crippen molar-refractivity contribution in [2.75, 3.05) is 5.75 Å². The van der Waals surface area contributed by atoms with Gasteiger partial charge >= 0.3 is 0 Å². The molecule has 0 fully saturated rings. The Balaban J connectivity index is 2.49. The summed E-state index contributed by atoms with van der Waals surface area (Å²) >= 11 is 1.84. The van der Waals surface area contributed by atoms with Crippen molar-refractivity contribution in [3.63, 3.8) is 0 Å². The Bertz CT molecular complexity index is 279. The van der Waals surface area contributed by atoms with Crippen LogP contribution in [0.4, 0.5) is 0 Å². The van der Waals surface area contributed by atoms with Crippen molar-refractivity contribution in [2.45, 2.75) is 31.7 Å². The Hall–Kier alpha value is -0.510. The average Bonchev–Trinajstić information content (AvgIpc) is 2.18. The van der Waals surface area contributed by atoms with Gasteiger partial charge in [-0.2, -0.15) is 0 Å². The third-order valence-electron chi connectivity index (χ3n) is 2.41. The highest BCUT2D eigenvalue weighted by Crippen LogP contribution is 2.25. The van der Waals surface area contributed by atoms with Crippen LogP contribution in [0.1, 0.15) is 20.8 Å². The van der Waals surface area contributed by atoms with E-state index in [1.165, 1.54) is 4.90 Å². The smallest absolute Gasteiger partial charge is 0.0353 e. The molecule has 0 aliphatic heterocycles. The van der Waals surface area contributed by atoms with Gasteiger partial charge in [-0.05, 0) is 17.5 Å². The summed E-state index contributed by atoms with van der Waals surface area (Å²) in [5, 5.41) is 0. The molecule has 15 heavy (non-hydrogen) atoms. The van der Waals surface area contributed by atoms with Crippen molar-refractivity contribution in [2.24, 2.45) is 11.3 Å². The molecule has 1 aromatic carbocycles. The fourth-order valence-corrected chi connectivity index (χ4v) is 2.55. The zero-order chi connectivity index (χ0) is 11.3. The molecule has 0 saturated heterocycles. The Labute approximate surface area is 96.6 Å². The number of nitrogens with two attached hydrogens (primary N) is 1. The minimum absolute atomic E-state index is 0.191. The predicted molar refractivity (Wildman–Crippen MR) is 67.7 cm³/mol. The molecule has 0 aromatic heterocycles. The molecule has 0 spiro atoms. The minimum atomic E-state index is 0.191. The molecule has 0 amide bonds. The van der Waals surface area contributed by atoms with Gasteiger partial charge < -0.3 is 0 Å². The number of nitrogens with one attached hydrogen (secondary N) is 1. The van der Waals surface area contributed by atoms with Crippen LogP contribution in [-0.4, -0.2) is 11.8 Å². The third kappa shape index (κ3) is 4.24. The molecule has 1 unspecified atom stereocenters. The molecule has 1 aromatic rings. The maximum atomic E-state index is 5.56. The highest BCUT2D eigenvalue weighted by molar-refractivity contribution is 7.99. The Morgan fingerprint density at radius 1 is 1.27 bits per heavy atom. The first kappa shape index (κ1) is 12.6. The Kier molecular flexibility index (Phi) is 4.64. The number of benzene rings is 1. The molecule has 1 atom stereocenters. The first-order valence-corrected chi connectivity index (χ1v) is 6.16. The summed E-state index contributed by atoms with van der Waals surface area (Å²) in [6, 6.07) is 10.7. The minimum Gasteiger partial charge on any atom is -0.271 e. The van der Waals surface area contributed by atoms with E-state index in [0.717, 1.165) is 5.75 Å². The first-order chi connectivity index (χ1) is 7.04. The number of hydrogen-bond donors (Lipinski definition) is 2. The Morgan fingerprint density at radius 2 is 1.87 bits per heavy atom. The van der Waals surface area contributed by atoms with Crippen LogP contribution in [0, 0.1) is 5.41 Å². The maximum Gasteiger partial charge on any atom is 0.0353 e. The molecule has 0 bridgehead atoms. The summed E-state index contributed by atoms with van der Waals surface area (Å²) in [6.45, 7) is 6.59. The largest absolute Gasteiger partial charge is 0.271 e. The van der Waals surface area contributed by atoms with Crippen LogP contribution < -0.4 is 11.3 Å². The van der Waals surface area contributed by atoms with Gasteiger partial charge in [0.25, 0.3) is 0 Å². The van der Waals surface area contributed by atoms with E-state index in [0.29, 0.717) is 6.04 Å². The third-order valence-corrected chi connectivity index (χ3v) is 3.51. The molecule has 0 aliphatic rings. The fourth-order valence-electron chi connectivity index (χ4n) is 1.24. The van der Waals surface area contributed by atoms with Crippen LogP contribution >= 0.6 is 11.8 Å². The van der Waals surface area contributed by atoms with Crippen molar-refractivity contribution in [3.8, 4) is 0 Å². The van der Waals surface area contributed by atoms with Gasteiger partial charge in [0, 0.05) is 16.7 Å². The monoisotopic (exact) mass is 224 g/mol. The summed E-state index contributed by atoms with van der Waals surface area (Å²) in [5.41, 5.74) is 3.08. The van der Waals surface area contributed by atoms with E-state index in [1.54, 1.807) is 0 Å². The molecular weight excluding hydrogens is 204 g/mol. The van der Waals surface area contributed by atoms with Crippen molar-refractivity contribution >= 4 is 11.8 Å². The zero-order valence-electron chi connectivity index (χ0n) is 9.66. The van der Waals surface area contributed by atoms with E-state index >= 15 is 0 Å². The van der Waals surface area contributed by atoms with Gasteiger partial charge in [0.15, 0.2) is 0 Å². The van der Waals surface area contributed by atoms with Crippen molar-refractivity contribution in [1.82, 2.24) is 5.43 Å². The molecule has 3 N–H and O–H groups in total. The number of rotatable bonds is 4. The lowest BCUT2D eigenvalue weighted by Crippen LogP contribution is -2.46. The van der Waals surface area contributed by atoms with Crippen LogP contribution in [0.3, 0.4) is 0 Å². The normalized spacial score (nSPS) is 13.9. The van der Waals surface area contributed by atoms with Gasteiger partial charge in [0.1, 0.15) is 0 Å². The second-order valence-corrected chi connectivity index (χ2v) is 5.80. The lowest BCUT2D eigenvalue weighted by Gasteiger charge is -2.29. The molecular formula is C12H20N2S. The Morgan fingerprint density at radius 3 is 2.33 bits per heavy atom. The SMILES string of the molecule is CC(C)(C)C(CSc1ccccc1)NN. The van der Waals surface area contributed by atoms with E-state index in [1.807, 2.05) is 17.8 Å². The van der Waals surface area contributed by atoms with Gasteiger partial charge in [0.05, 0.1) is 0 Å². The lowest BCUT2D eigenvalue weighted by atomic mass is 9.88. The quantitative estimate of drug-likeness (QED) is 0.469. The van der Waals surface area contributed by atoms with Gasteiger partial charge in [-0.15, -0.1) is 11.8 Å². The maximum absolute atomic E-state index is 5.56. The fraction of sp³-hybridized carbons (Fsp3) is 0.500. The summed E-state index contributed by atoms with van der Waals surface area (Å²) in [4.78, 5) is 1.29. The second-order valence-electron chi connectivity index (χ2n) is 4.71. The second kappa shape index (κ2) is 5.54. The number of hydrogen-bond acceptors (Lipinski definition) is 3. The van der Waals surface area contributed by atoms with Crippen LogP contribution in [-0.2, 0) is 0 Å². The van der Waals surface area contributed by atoms with Gasteiger partial charge in [-0.1, -0.05) is 39.0 Å². The highest BCUT2D eigenvalue weighted by Gasteiger charge is 2.23. The molecule has 84 valence electrons. The number of thioether (sulfide) groups is 1. The van der Waals surface area contributed by atoms with Crippen molar-refractivity contribution in [3.05, 3.63) is 30.3 Å². The summed E-state index contributed by atoms with van der Waals surface area (Å²) in [5.74, 6) is 6.55. The summed E-state index contributed by atoms with van der Waals surface area (Å²) in [6.07, 6.45) is 0. The van der Waals surface area contributed by atoms with E-state index in [-0.39, 0.29) is 5.41 Å². The predicted octanol–water partition coefficient (Wildman–Crippen LogP) is 2.66. The molecule has 0 radical (unpaired) electrons. The van der Waals surface area contributed by atoms with Gasteiger partial charge in [-0.3, -0.25) is 11.3 Å². The molecule has 0 saturated carbocycles. The van der Waals surface area contributed by atoms with Crippen LogP contribution in [0.5, 0.6) is 0 Å². The van der Waals surface area contributed by atoms with E-state index in [2.05, 4.69) is 50.5 Å². The molecule has 1 rings (SSSR count). The molecule has 3 heteroatoms. The average molecular weight is 224 g/mol. The van der Waals surface area contributed by atoms with Crippen LogP contribution in [0.25, 0.3) is 0 Å². The molecule has 0 heterocycles. The van der Waals surface area contributed by atoms with Crippen molar-refractivity contribution in [1.29, 1.82) is 0 Å². The van der Waals surface area contributed by atoms with Gasteiger partial charge in [0.2, 0.25) is 0 Å². The lowest BCUT2D eigenvalue weighted by molar-refractivity contribution is 0.294. The molecule has 2 nitrogen and oxygen atoms in total.